The Morgan fingerprint density at radius 1 is 0.800 bits per heavy atom. The van der Waals surface area contributed by atoms with Crippen LogP contribution in [0, 0.1) is 0 Å². The number of hydrogen-bond acceptors (Lipinski definition) is 4. The number of anilines is 1. The van der Waals surface area contributed by atoms with Crippen LogP contribution in [0.3, 0.4) is 0 Å². The van der Waals surface area contributed by atoms with E-state index in [-0.39, 0.29) is 16.9 Å². The molecule has 0 heterocycles. The Balaban J connectivity index is 0.000000200. The van der Waals surface area contributed by atoms with Crippen molar-refractivity contribution < 1.29 is 24.9 Å². The monoisotopic (exact) mass is 275 g/mol. The van der Waals surface area contributed by atoms with E-state index in [1.165, 1.54) is 18.2 Å². The minimum Gasteiger partial charge on any atom is -0.507 e. The lowest BCUT2D eigenvalue weighted by molar-refractivity contribution is 0.0684. The molecular weight excluding hydrogens is 262 g/mol. The number of para-hydroxylation sites is 2. The third-order valence-corrected chi connectivity index (χ3v) is 2.33. The summed E-state index contributed by atoms with van der Waals surface area (Å²) in [4.78, 5) is 20.6. The van der Waals surface area contributed by atoms with Crippen molar-refractivity contribution in [3.63, 3.8) is 0 Å². The van der Waals surface area contributed by atoms with Crippen molar-refractivity contribution in [1.29, 1.82) is 0 Å². The number of carboxylic acid groups (broad SMARTS) is 2. The summed E-state index contributed by atoms with van der Waals surface area (Å²) in [6.07, 6.45) is 0. The molecule has 0 radical (unpaired) electrons. The first kappa shape index (κ1) is 15.0. The van der Waals surface area contributed by atoms with Crippen molar-refractivity contribution >= 4 is 17.6 Å². The van der Waals surface area contributed by atoms with Gasteiger partial charge in [-0.1, -0.05) is 24.3 Å². The molecule has 20 heavy (non-hydrogen) atoms. The largest absolute Gasteiger partial charge is 0.507 e. The summed E-state index contributed by atoms with van der Waals surface area (Å²) >= 11 is 0. The maximum absolute atomic E-state index is 10.3. The molecule has 0 aromatic heterocycles. The third-order valence-electron chi connectivity index (χ3n) is 2.33. The zero-order chi connectivity index (χ0) is 15.1. The lowest BCUT2D eigenvalue weighted by Gasteiger charge is -1.96. The number of nitrogen functional groups attached to an aromatic ring is 1. The minimum absolute atomic E-state index is 0.0671. The lowest BCUT2D eigenvalue weighted by atomic mass is 10.2. The number of phenols is 1. The van der Waals surface area contributed by atoms with Gasteiger partial charge in [-0.05, 0) is 24.3 Å². The zero-order valence-corrected chi connectivity index (χ0v) is 10.4. The first-order valence-corrected chi connectivity index (χ1v) is 5.52. The normalized spacial score (nSPS) is 9.20. The summed E-state index contributed by atoms with van der Waals surface area (Å²) in [5, 5.41) is 25.8. The minimum atomic E-state index is -1.11. The summed E-state index contributed by atoms with van der Waals surface area (Å²) < 4.78 is 0. The van der Waals surface area contributed by atoms with Gasteiger partial charge >= 0.3 is 11.9 Å². The van der Waals surface area contributed by atoms with Gasteiger partial charge in [-0.25, -0.2) is 9.59 Å². The Morgan fingerprint density at radius 2 is 1.25 bits per heavy atom. The molecular formula is C14H13NO5. The standard InChI is InChI=1S/C7H7NO2.C7H6O3/c2*8-6-4-2-1-3-5(6)7(9)10/h1-4H,8H2,(H,9,10);1-4,8H,(H,9,10). The Hall–Kier alpha value is -3.02. The molecule has 0 aliphatic rings. The molecule has 0 bridgehead atoms. The highest BCUT2D eigenvalue weighted by atomic mass is 16.4. The highest BCUT2D eigenvalue weighted by Crippen LogP contribution is 2.14. The maximum atomic E-state index is 10.3. The number of aromatic hydroxyl groups is 1. The number of hydrogen-bond donors (Lipinski definition) is 4. The molecule has 0 amide bonds. The molecule has 0 saturated heterocycles. The second kappa shape index (κ2) is 6.79. The number of carboxylic acids is 2. The van der Waals surface area contributed by atoms with Gasteiger partial charge in [-0.15, -0.1) is 0 Å². The quantitative estimate of drug-likeness (QED) is 0.622. The summed E-state index contributed by atoms with van der Waals surface area (Å²) in [6, 6.07) is 12.2. The smallest absolute Gasteiger partial charge is 0.339 e. The second-order valence-electron chi connectivity index (χ2n) is 3.71. The van der Waals surface area contributed by atoms with Gasteiger partial charge in [0.05, 0.1) is 5.56 Å². The molecule has 0 saturated carbocycles. The highest BCUT2D eigenvalue weighted by molar-refractivity contribution is 5.93. The van der Waals surface area contributed by atoms with E-state index >= 15 is 0 Å². The van der Waals surface area contributed by atoms with Crippen molar-refractivity contribution in [2.24, 2.45) is 0 Å². The molecule has 6 nitrogen and oxygen atoms in total. The molecule has 0 aliphatic heterocycles. The van der Waals surface area contributed by atoms with E-state index in [4.69, 9.17) is 21.1 Å². The number of aromatic carboxylic acids is 2. The van der Waals surface area contributed by atoms with Crippen LogP contribution in [0.2, 0.25) is 0 Å². The first-order chi connectivity index (χ1) is 9.43. The van der Waals surface area contributed by atoms with Gasteiger partial charge in [-0.3, -0.25) is 0 Å². The molecule has 6 heteroatoms. The van der Waals surface area contributed by atoms with E-state index < -0.39 is 11.9 Å². The fraction of sp³-hybridized carbons (Fsp3) is 0. The van der Waals surface area contributed by atoms with Crippen molar-refractivity contribution in [2.75, 3.05) is 5.73 Å². The van der Waals surface area contributed by atoms with Gasteiger partial charge in [0.2, 0.25) is 0 Å². The van der Waals surface area contributed by atoms with E-state index in [1.54, 1.807) is 30.3 Å². The van der Waals surface area contributed by atoms with Crippen LogP contribution in [0.1, 0.15) is 20.7 Å². The zero-order valence-electron chi connectivity index (χ0n) is 10.4. The highest BCUT2D eigenvalue weighted by Gasteiger charge is 2.05. The molecule has 5 N–H and O–H groups in total. The summed E-state index contributed by atoms with van der Waals surface area (Å²) in [6.45, 7) is 0. The summed E-state index contributed by atoms with van der Waals surface area (Å²) in [5.41, 5.74) is 5.73. The Labute approximate surface area is 114 Å². The average molecular weight is 275 g/mol. The van der Waals surface area contributed by atoms with Crippen LogP contribution in [0.5, 0.6) is 5.75 Å². The predicted octanol–water partition coefficient (Wildman–Crippen LogP) is 2.06. The van der Waals surface area contributed by atoms with Crippen molar-refractivity contribution in [1.82, 2.24) is 0 Å². The van der Waals surface area contributed by atoms with Gasteiger partial charge < -0.3 is 21.1 Å². The van der Waals surface area contributed by atoms with E-state index in [0.717, 1.165) is 0 Å². The number of rotatable bonds is 2. The second-order valence-corrected chi connectivity index (χ2v) is 3.71. The van der Waals surface area contributed by atoms with Gasteiger partial charge in [0, 0.05) is 5.69 Å². The molecule has 0 spiro atoms. The first-order valence-electron chi connectivity index (χ1n) is 5.52. The SMILES string of the molecule is Nc1ccccc1C(=O)O.O=C(O)c1ccccc1O. The van der Waals surface area contributed by atoms with Crippen molar-refractivity contribution in [3.8, 4) is 5.75 Å². The van der Waals surface area contributed by atoms with E-state index in [0.29, 0.717) is 5.69 Å². The Morgan fingerprint density at radius 3 is 1.60 bits per heavy atom. The molecule has 0 fully saturated rings. The third kappa shape index (κ3) is 4.02. The van der Waals surface area contributed by atoms with Gasteiger partial charge in [0.25, 0.3) is 0 Å². The molecule has 0 aliphatic carbocycles. The Bertz CT molecular complexity index is 569. The summed E-state index contributed by atoms with van der Waals surface area (Å²) in [5.74, 6) is -2.30. The molecule has 104 valence electrons. The van der Waals surface area contributed by atoms with Crippen LogP contribution in [-0.2, 0) is 0 Å². The van der Waals surface area contributed by atoms with Crippen LogP contribution >= 0.6 is 0 Å². The van der Waals surface area contributed by atoms with Crippen molar-refractivity contribution in [3.05, 3.63) is 59.7 Å². The Kier molecular flexibility index (Phi) is 5.11. The molecule has 2 aromatic rings. The fourth-order valence-electron chi connectivity index (χ4n) is 1.35. The van der Waals surface area contributed by atoms with Crippen LogP contribution in [0.25, 0.3) is 0 Å². The van der Waals surface area contributed by atoms with Gasteiger partial charge in [0.1, 0.15) is 11.3 Å². The fourth-order valence-corrected chi connectivity index (χ4v) is 1.35. The average Bonchev–Trinajstić information content (AvgIpc) is 2.40. The number of nitrogens with two attached hydrogens (primary N) is 1. The maximum Gasteiger partial charge on any atom is 0.339 e. The number of carbonyl (C=O) groups is 2. The van der Waals surface area contributed by atoms with Gasteiger partial charge in [-0.2, -0.15) is 0 Å². The van der Waals surface area contributed by atoms with Crippen LogP contribution in [0.4, 0.5) is 5.69 Å². The molecule has 2 aromatic carbocycles. The van der Waals surface area contributed by atoms with Crippen LogP contribution < -0.4 is 5.73 Å². The van der Waals surface area contributed by atoms with E-state index in [9.17, 15) is 9.59 Å². The van der Waals surface area contributed by atoms with Crippen LogP contribution in [0.15, 0.2) is 48.5 Å². The van der Waals surface area contributed by atoms with Gasteiger partial charge in [0.15, 0.2) is 0 Å². The summed E-state index contributed by atoms with van der Waals surface area (Å²) in [7, 11) is 0. The molecule has 0 atom stereocenters. The lowest BCUT2D eigenvalue weighted by Crippen LogP contribution is -2.00. The predicted molar refractivity (Wildman–Crippen MR) is 72.9 cm³/mol. The van der Waals surface area contributed by atoms with E-state index in [1.807, 2.05) is 0 Å². The van der Waals surface area contributed by atoms with Crippen molar-refractivity contribution in [2.45, 2.75) is 0 Å². The molecule has 0 unspecified atom stereocenters. The molecule has 2 rings (SSSR count). The topological polar surface area (TPSA) is 121 Å². The number of benzene rings is 2. The van der Waals surface area contributed by atoms with E-state index in [2.05, 4.69) is 0 Å². The van der Waals surface area contributed by atoms with Crippen LogP contribution in [-0.4, -0.2) is 27.3 Å².